The van der Waals surface area contributed by atoms with E-state index in [2.05, 4.69) is 23.5 Å². The molecule has 1 amide bonds. The minimum atomic E-state index is -0.184. The maximum atomic E-state index is 11.9. The smallest absolute Gasteiger partial charge is 0.267 e. The maximum absolute atomic E-state index is 11.9. The molecule has 2 rings (SSSR count). The highest BCUT2D eigenvalue weighted by atomic mass is 32.1. The Morgan fingerprint density at radius 1 is 1.20 bits per heavy atom. The Labute approximate surface area is 123 Å². The van der Waals surface area contributed by atoms with Crippen LogP contribution in [0.1, 0.15) is 39.5 Å². The Kier molecular flexibility index (Phi) is 4.69. The molecule has 0 unspecified atom stereocenters. The normalized spacial score (nSPS) is 11.4. The monoisotopic (exact) mass is 286 g/mol. The van der Waals surface area contributed by atoms with E-state index in [9.17, 15) is 4.79 Å². The average molecular weight is 286 g/mol. The van der Waals surface area contributed by atoms with E-state index >= 15 is 0 Å². The Bertz CT molecular complexity index is 626. The first-order chi connectivity index (χ1) is 9.60. The van der Waals surface area contributed by atoms with Crippen LogP contribution in [0.4, 0.5) is 0 Å². The van der Waals surface area contributed by atoms with Gasteiger partial charge in [-0.05, 0) is 44.5 Å². The Morgan fingerprint density at radius 2 is 1.90 bits per heavy atom. The van der Waals surface area contributed by atoms with Crippen LogP contribution in [0.5, 0.6) is 0 Å². The average Bonchev–Trinajstić information content (AvgIpc) is 2.94. The van der Waals surface area contributed by atoms with Gasteiger partial charge in [-0.3, -0.25) is 4.79 Å². The van der Waals surface area contributed by atoms with E-state index in [-0.39, 0.29) is 5.91 Å². The third-order valence-corrected chi connectivity index (χ3v) is 4.34. The van der Waals surface area contributed by atoms with Crippen molar-refractivity contribution in [2.45, 2.75) is 27.2 Å². The van der Waals surface area contributed by atoms with Gasteiger partial charge in [0.15, 0.2) is 0 Å². The molecule has 4 heteroatoms. The minimum Gasteiger partial charge on any atom is -0.267 e. The van der Waals surface area contributed by atoms with Crippen molar-refractivity contribution in [1.29, 1.82) is 0 Å². The lowest BCUT2D eigenvalue weighted by molar-refractivity contribution is 0.0955. The summed E-state index contributed by atoms with van der Waals surface area (Å²) in [5, 5.41) is 4.17. The summed E-state index contributed by atoms with van der Waals surface area (Å²) in [6, 6.07) is 11.6. The summed E-state index contributed by atoms with van der Waals surface area (Å²) in [7, 11) is 0. The fourth-order valence-electron chi connectivity index (χ4n) is 1.72. The van der Waals surface area contributed by atoms with Gasteiger partial charge in [-0.1, -0.05) is 24.6 Å². The van der Waals surface area contributed by atoms with Crippen molar-refractivity contribution in [3.05, 3.63) is 57.3 Å². The molecule has 0 bridgehead atoms. The number of benzene rings is 1. The van der Waals surface area contributed by atoms with Crippen LogP contribution in [-0.2, 0) is 6.42 Å². The van der Waals surface area contributed by atoms with E-state index < -0.39 is 0 Å². The zero-order valence-corrected chi connectivity index (χ0v) is 12.8. The number of carbonyl (C=O) groups is 1. The van der Waals surface area contributed by atoms with Crippen LogP contribution >= 0.6 is 11.3 Å². The lowest BCUT2D eigenvalue weighted by Gasteiger charge is -2.02. The second kappa shape index (κ2) is 6.48. The van der Waals surface area contributed by atoms with Gasteiger partial charge in [0, 0.05) is 10.4 Å². The van der Waals surface area contributed by atoms with Gasteiger partial charge in [0.25, 0.3) is 5.91 Å². The van der Waals surface area contributed by atoms with Crippen molar-refractivity contribution in [3.8, 4) is 0 Å². The molecular weight excluding hydrogens is 268 g/mol. The number of aryl methyl sites for hydroxylation is 2. The second-order valence-electron chi connectivity index (χ2n) is 4.62. The molecule has 20 heavy (non-hydrogen) atoms. The third kappa shape index (κ3) is 3.54. The third-order valence-electron chi connectivity index (χ3n) is 3.01. The Morgan fingerprint density at radius 3 is 2.50 bits per heavy atom. The summed E-state index contributed by atoms with van der Waals surface area (Å²) < 4.78 is 0. The quantitative estimate of drug-likeness (QED) is 0.674. The van der Waals surface area contributed by atoms with Crippen LogP contribution in [0, 0.1) is 6.92 Å². The van der Waals surface area contributed by atoms with Crippen LogP contribution in [0.25, 0.3) is 0 Å². The van der Waals surface area contributed by atoms with E-state index in [0.717, 1.165) is 22.6 Å². The molecule has 2 aromatic rings. The van der Waals surface area contributed by atoms with Crippen LogP contribution in [0.3, 0.4) is 0 Å². The molecule has 104 valence electrons. The first-order valence-corrected chi connectivity index (χ1v) is 7.42. The molecule has 0 aliphatic heterocycles. The number of rotatable bonds is 4. The van der Waals surface area contributed by atoms with Crippen molar-refractivity contribution in [2.24, 2.45) is 5.10 Å². The summed E-state index contributed by atoms with van der Waals surface area (Å²) in [6.07, 6.45) is 1.02. The van der Waals surface area contributed by atoms with E-state index in [1.165, 1.54) is 4.88 Å². The predicted octanol–water partition coefficient (Wildman–Crippen LogP) is 3.77. The lowest BCUT2D eigenvalue weighted by Crippen LogP contribution is -2.19. The molecule has 0 aliphatic carbocycles. The number of nitrogens with one attached hydrogen (secondary N) is 1. The Balaban J connectivity index is 2.04. The van der Waals surface area contributed by atoms with E-state index in [0.29, 0.717) is 5.56 Å². The Hall–Kier alpha value is -1.94. The molecule has 0 atom stereocenters. The summed E-state index contributed by atoms with van der Waals surface area (Å²) in [5.41, 5.74) is 5.18. The number of hydrazone groups is 1. The first kappa shape index (κ1) is 14.5. The number of nitrogens with zero attached hydrogens (tertiary/aromatic N) is 1. The van der Waals surface area contributed by atoms with Crippen molar-refractivity contribution < 1.29 is 4.79 Å². The standard InChI is InChI=1S/C16H18N2OS/c1-4-14-9-10-15(20-14)12(3)17-18-16(19)13-7-5-11(2)6-8-13/h5-10H,4H2,1-3H3,(H,18,19). The van der Waals surface area contributed by atoms with Crippen molar-refractivity contribution in [3.63, 3.8) is 0 Å². The molecule has 0 spiro atoms. The lowest BCUT2D eigenvalue weighted by atomic mass is 10.1. The van der Waals surface area contributed by atoms with Gasteiger partial charge in [-0.2, -0.15) is 5.10 Å². The molecule has 1 aromatic carbocycles. The maximum Gasteiger partial charge on any atom is 0.271 e. The predicted molar refractivity (Wildman–Crippen MR) is 84.6 cm³/mol. The highest BCUT2D eigenvalue weighted by molar-refractivity contribution is 7.14. The van der Waals surface area contributed by atoms with Gasteiger partial charge in [0.1, 0.15) is 0 Å². The highest BCUT2D eigenvalue weighted by Gasteiger charge is 2.05. The molecule has 0 saturated heterocycles. The summed E-state index contributed by atoms with van der Waals surface area (Å²) in [6.45, 7) is 6.02. The molecule has 0 saturated carbocycles. The first-order valence-electron chi connectivity index (χ1n) is 6.60. The van der Waals surface area contributed by atoms with Gasteiger partial charge in [-0.15, -0.1) is 11.3 Å². The van der Waals surface area contributed by atoms with Crippen molar-refractivity contribution >= 4 is 23.0 Å². The van der Waals surface area contributed by atoms with Crippen molar-refractivity contribution in [1.82, 2.24) is 5.43 Å². The number of amides is 1. The molecule has 1 aromatic heterocycles. The van der Waals surface area contributed by atoms with Gasteiger partial charge < -0.3 is 0 Å². The highest BCUT2D eigenvalue weighted by Crippen LogP contribution is 2.17. The second-order valence-corrected chi connectivity index (χ2v) is 5.79. The fraction of sp³-hybridized carbons (Fsp3) is 0.250. The molecule has 1 heterocycles. The number of hydrogen-bond acceptors (Lipinski definition) is 3. The van der Waals surface area contributed by atoms with Gasteiger partial charge in [0.2, 0.25) is 0 Å². The summed E-state index contributed by atoms with van der Waals surface area (Å²) in [5.74, 6) is -0.184. The molecule has 1 N–H and O–H groups in total. The van der Waals surface area contributed by atoms with Gasteiger partial charge in [-0.25, -0.2) is 5.43 Å². The van der Waals surface area contributed by atoms with Gasteiger partial charge >= 0.3 is 0 Å². The molecule has 0 fully saturated rings. The number of hydrogen-bond donors (Lipinski definition) is 1. The summed E-state index contributed by atoms with van der Waals surface area (Å²) in [4.78, 5) is 14.3. The number of carbonyl (C=O) groups excluding carboxylic acids is 1. The topological polar surface area (TPSA) is 41.5 Å². The van der Waals surface area contributed by atoms with Crippen LogP contribution in [0.15, 0.2) is 41.5 Å². The molecule has 0 radical (unpaired) electrons. The number of thiophene rings is 1. The fourth-order valence-corrected chi connectivity index (χ4v) is 2.61. The van der Waals surface area contributed by atoms with Crippen LogP contribution < -0.4 is 5.43 Å². The van der Waals surface area contributed by atoms with Crippen molar-refractivity contribution in [2.75, 3.05) is 0 Å². The molecule has 0 aliphatic rings. The van der Waals surface area contributed by atoms with Crippen LogP contribution in [-0.4, -0.2) is 11.6 Å². The van der Waals surface area contributed by atoms with E-state index in [1.54, 1.807) is 23.5 Å². The van der Waals surface area contributed by atoms with E-state index in [4.69, 9.17) is 0 Å². The van der Waals surface area contributed by atoms with Gasteiger partial charge in [0.05, 0.1) is 10.6 Å². The van der Waals surface area contributed by atoms with Crippen LogP contribution in [0.2, 0.25) is 0 Å². The zero-order valence-electron chi connectivity index (χ0n) is 11.9. The van der Waals surface area contributed by atoms with E-state index in [1.807, 2.05) is 32.0 Å². The molecular formula is C16H18N2OS. The summed E-state index contributed by atoms with van der Waals surface area (Å²) >= 11 is 1.71. The largest absolute Gasteiger partial charge is 0.271 e. The SMILES string of the molecule is CCc1ccc(C(C)=NNC(=O)c2ccc(C)cc2)s1. The zero-order chi connectivity index (χ0) is 14.5. The molecule has 3 nitrogen and oxygen atoms in total. The minimum absolute atomic E-state index is 0.184.